The standard InChI is InChI=1S/C13H15FN2/c14-12-5-3-11(4-6-12)7-9-15-10-13-2-1-8-16-13/h1-6,8,15-16H,7,9-10H2. The van der Waals surface area contributed by atoms with Crippen molar-refractivity contribution in [3.8, 4) is 0 Å². The smallest absolute Gasteiger partial charge is 0.123 e. The van der Waals surface area contributed by atoms with E-state index < -0.39 is 0 Å². The molecule has 1 aromatic carbocycles. The van der Waals surface area contributed by atoms with E-state index in [2.05, 4.69) is 10.3 Å². The van der Waals surface area contributed by atoms with Crippen molar-refractivity contribution in [2.45, 2.75) is 13.0 Å². The van der Waals surface area contributed by atoms with Gasteiger partial charge in [0.05, 0.1) is 0 Å². The van der Waals surface area contributed by atoms with E-state index in [-0.39, 0.29) is 5.82 Å². The molecule has 0 atom stereocenters. The third kappa shape index (κ3) is 3.21. The van der Waals surface area contributed by atoms with E-state index in [0.717, 1.165) is 25.1 Å². The number of halogens is 1. The molecule has 0 spiro atoms. The summed E-state index contributed by atoms with van der Waals surface area (Å²) in [4.78, 5) is 3.13. The van der Waals surface area contributed by atoms with Crippen LogP contribution in [0.2, 0.25) is 0 Å². The van der Waals surface area contributed by atoms with E-state index in [1.165, 1.54) is 17.8 Å². The van der Waals surface area contributed by atoms with Crippen LogP contribution in [-0.4, -0.2) is 11.5 Å². The quantitative estimate of drug-likeness (QED) is 0.741. The fraction of sp³-hybridized carbons (Fsp3) is 0.231. The molecule has 0 saturated heterocycles. The second kappa shape index (κ2) is 5.47. The van der Waals surface area contributed by atoms with Gasteiger partial charge in [0.15, 0.2) is 0 Å². The molecule has 0 bridgehead atoms. The lowest BCUT2D eigenvalue weighted by molar-refractivity contribution is 0.625. The maximum atomic E-state index is 12.6. The summed E-state index contributed by atoms with van der Waals surface area (Å²) >= 11 is 0. The van der Waals surface area contributed by atoms with Crippen LogP contribution in [0.4, 0.5) is 4.39 Å². The van der Waals surface area contributed by atoms with Crippen LogP contribution in [0.15, 0.2) is 42.6 Å². The third-order valence-corrected chi connectivity index (χ3v) is 2.48. The van der Waals surface area contributed by atoms with E-state index in [1.54, 1.807) is 0 Å². The summed E-state index contributed by atoms with van der Waals surface area (Å²) in [5.41, 5.74) is 2.33. The van der Waals surface area contributed by atoms with Crippen molar-refractivity contribution < 1.29 is 4.39 Å². The molecule has 0 radical (unpaired) electrons. The highest BCUT2D eigenvalue weighted by atomic mass is 19.1. The molecule has 3 heteroatoms. The highest BCUT2D eigenvalue weighted by Gasteiger charge is 1.95. The highest BCUT2D eigenvalue weighted by Crippen LogP contribution is 2.02. The molecule has 0 aliphatic rings. The molecule has 84 valence electrons. The van der Waals surface area contributed by atoms with Crippen LogP contribution in [0.3, 0.4) is 0 Å². The minimum Gasteiger partial charge on any atom is -0.364 e. The van der Waals surface area contributed by atoms with Crippen molar-refractivity contribution in [3.63, 3.8) is 0 Å². The number of hydrogen-bond acceptors (Lipinski definition) is 1. The Morgan fingerprint density at radius 2 is 1.94 bits per heavy atom. The van der Waals surface area contributed by atoms with Crippen LogP contribution in [0.25, 0.3) is 0 Å². The van der Waals surface area contributed by atoms with Gasteiger partial charge in [0.1, 0.15) is 5.82 Å². The molecule has 0 aliphatic carbocycles. The Morgan fingerprint density at radius 1 is 1.12 bits per heavy atom. The molecule has 0 unspecified atom stereocenters. The lowest BCUT2D eigenvalue weighted by Crippen LogP contribution is -2.16. The molecule has 2 N–H and O–H groups in total. The van der Waals surface area contributed by atoms with Gasteiger partial charge in [0.25, 0.3) is 0 Å². The zero-order valence-electron chi connectivity index (χ0n) is 9.04. The van der Waals surface area contributed by atoms with Crippen molar-refractivity contribution in [1.29, 1.82) is 0 Å². The number of rotatable bonds is 5. The Kier molecular flexibility index (Phi) is 3.72. The van der Waals surface area contributed by atoms with Crippen LogP contribution in [-0.2, 0) is 13.0 Å². The number of hydrogen-bond donors (Lipinski definition) is 2. The van der Waals surface area contributed by atoms with Crippen LogP contribution >= 0.6 is 0 Å². The van der Waals surface area contributed by atoms with Gasteiger partial charge in [-0.25, -0.2) is 4.39 Å². The molecule has 2 rings (SSSR count). The highest BCUT2D eigenvalue weighted by molar-refractivity contribution is 5.16. The zero-order chi connectivity index (χ0) is 11.2. The Morgan fingerprint density at radius 3 is 2.62 bits per heavy atom. The first-order valence-electron chi connectivity index (χ1n) is 5.42. The summed E-state index contributed by atoms with van der Waals surface area (Å²) in [5.74, 6) is -0.178. The van der Waals surface area contributed by atoms with Gasteiger partial charge in [0, 0.05) is 18.4 Å². The van der Waals surface area contributed by atoms with Crippen molar-refractivity contribution in [2.24, 2.45) is 0 Å². The monoisotopic (exact) mass is 218 g/mol. The number of benzene rings is 1. The predicted octanol–water partition coefficient (Wildman–Crippen LogP) is 2.49. The summed E-state index contributed by atoms with van der Waals surface area (Å²) < 4.78 is 12.6. The fourth-order valence-electron chi connectivity index (χ4n) is 1.58. The predicted molar refractivity (Wildman–Crippen MR) is 62.6 cm³/mol. The Labute approximate surface area is 94.5 Å². The van der Waals surface area contributed by atoms with E-state index >= 15 is 0 Å². The molecule has 16 heavy (non-hydrogen) atoms. The van der Waals surface area contributed by atoms with Gasteiger partial charge in [-0.2, -0.15) is 0 Å². The van der Waals surface area contributed by atoms with Crippen LogP contribution in [0, 0.1) is 5.82 Å². The largest absolute Gasteiger partial charge is 0.364 e. The Balaban J connectivity index is 1.70. The molecule has 0 fully saturated rings. The first-order valence-corrected chi connectivity index (χ1v) is 5.42. The van der Waals surface area contributed by atoms with Gasteiger partial charge in [-0.3, -0.25) is 0 Å². The molecule has 1 aromatic heterocycles. The van der Waals surface area contributed by atoms with E-state index in [0.29, 0.717) is 0 Å². The van der Waals surface area contributed by atoms with Gasteiger partial charge in [-0.05, 0) is 42.8 Å². The fourth-order valence-corrected chi connectivity index (χ4v) is 1.58. The molecule has 0 amide bonds. The van der Waals surface area contributed by atoms with Crippen molar-refractivity contribution >= 4 is 0 Å². The normalized spacial score (nSPS) is 10.6. The molecular weight excluding hydrogens is 203 g/mol. The number of aromatic nitrogens is 1. The average molecular weight is 218 g/mol. The van der Waals surface area contributed by atoms with Gasteiger partial charge in [-0.1, -0.05) is 12.1 Å². The maximum Gasteiger partial charge on any atom is 0.123 e. The third-order valence-electron chi connectivity index (χ3n) is 2.48. The minimum atomic E-state index is -0.178. The lowest BCUT2D eigenvalue weighted by Gasteiger charge is -2.03. The molecular formula is C13H15FN2. The summed E-state index contributed by atoms with van der Waals surface area (Å²) in [6, 6.07) is 10.7. The Hall–Kier alpha value is -1.61. The lowest BCUT2D eigenvalue weighted by atomic mass is 10.1. The molecule has 1 heterocycles. The van der Waals surface area contributed by atoms with Gasteiger partial charge in [-0.15, -0.1) is 0 Å². The molecule has 0 aliphatic heterocycles. The van der Waals surface area contributed by atoms with Gasteiger partial charge >= 0.3 is 0 Å². The summed E-state index contributed by atoms with van der Waals surface area (Å²) in [5, 5.41) is 3.33. The molecule has 2 aromatic rings. The summed E-state index contributed by atoms with van der Waals surface area (Å²) in [7, 11) is 0. The number of aromatic amines is 1. The SMILES string of the molecule is Fc1ccc(CCNCc2ccc[nH]2)cc1. The molecule has 2 nitrogen and oxygen atoms in total. The van der Waals surface area contributed by atoms with Crippen molar-refractivity contribution in [2.75, 3.05) is 6.54 Å². The van der Waals surface area contributed by atoms with Gasteiger partial charge in [0.2, 0.25) is 0 Å². The second-order valence-electron chi connectivity index (χ2n) is 3.75. The van der Waals surface area contributed by atoms with Crippen LogP contribution < -0.4 is 5.32 Å². The maximum absolute atomic E-state index is 12.6. The zero-order valence-corrected chi connectivity index (χ0v) is 9.04. The van der Waals surface area contributed by atoms with E-state index in [1.807, 2.05) is 30.5 Å². The first-order chi connectivity index (χ1) is 7.84. The van der Waals surface area contributed by atoms with Crippen molar-refractivity contribution in [1.82, 2.24) is 10.3 Å². The Bertz CT molecular complexity index is 406. The van der Waals surface area contributed by atoms with E-state index in [4.69, 9.17) is 0 Å². The average Bonchev–Trinajstić information content (AvgIpc) is 2.80. The van der Waals surface area contributed by atoms with Crippen LogP contribution in [0.5, 0.6) is 0 Å². The minimum absolute atomic E-state index is 0.178. The molecule has 0 saturated carbocycles. The number of H-pyrrole nitrogens is 1. The van der Waals surface area contributed by atoms with Crippen molar-refractivity contribution in [3.05, 3.63) is 59.7 Å². The summed E-state index contributed by atoms with van der Waals surface area (Å²) in [6.07, 6.45) is 2.83. The second-order valence-corrected chi connectivity index (χ2v) is 3.75. The van der Waals surface area contributed by atoms with Gasteiger partial charge < -0.3 is 10.3 Å². The first kappa shape index (κ1) is 10.9. The number of nitrogens with one attached hydrogen (secondary N) is 2. The topological polar surface area (TPSA) is 27.8 Å². The van der Waals surface area contributed by atoms with Crippen LogP contribution in [0.1, 0.15) is 11.3 Å². The summed E-state index contributed by atoms with van der Waals surface area (Å²) in [6.45, 7) is 1.73. The van der Waals surface area contributed by atoms with E-state index in [9.17, 15) is 4.39 Å².